The highest BCUT2D eigenvalue weighted by Crippen LogP contribution is 2.14. The van der Waals surface area contributed by atoms with Gasteiger partial charge in [0, 0.05) is 13.2 Å². The summed E-state index contributed by atoms with van der Waals surface area (Å²) in [6, 6.07) is 0. The molecule has 0 aliphatic carbocycles. The molecule has 0 saturated carbocycles. The van der Waals surface area contributed by atoms with Crippen molar-refractivity contribution in [3.05, 3.63) is 0 Å². The Bertz CT molecular complexity index is 282. The standard InChI is InChI=1S/C24H52O2Si/c1-5-7-9-10-11-12-13-14-15-16-17-18-19-20-22-24-26-27(3,4)25-23-21-8-6-2/h5-24H2,1-4H3. The maximum absolute atomic E-state index is 6.04. The SMILES string of the molecule is CCCCCCCCCCCCCCCCCO[Si](C)(C)OCCCCC. The fourth-order valence-electron chi connectivity index (χ4n) is 3.50. The Morgan fingerprint density at radius 2 is 0.667 bits per heavy atom. The first-order chi connectivity index (χ1) is 13.1. The van der Waals surface area contributed by atoms with Gasteiger partial charge >= 0.3 is 8.56 Å². The fourth-order valence-corrected chi connectivity index (χ4v) is 4.86. The zero-order valence-corrected chi connectivity index (χ0v) is 20.5. The summed E-state index contributed by atoms with van der Waals surface area (Å²) in [5, 5.41) is 0. The van der Waals surface area contributed by atoms with E-state index in [1.165, 1.54) is 116 Å². The van der Waals surface area contributed by atoms with Gasteiger partial charge in [-0.15, -0.1) is 0 Å². The highest BCUT2D eigenvalue weighted by molar-refractivity contribution is 6.64. The van der Waals surface area contributed by atoms with Gasteiger partial charge in [0.05, 0.1) is 0 Å². The maximum atomic E-state index is 6.04. The Morgan fingerprint density at radius 3 is 1.04 bits per heavy atom. The number of rotatable bonds is 22. The quantitative estimate of drug-likeness (QED) is 0.133. The van der Waals surface area contributed by atoms with Crippen LogP contribution in [-0.2, 0) is 8.85 Å². The van der Waals surface area contributed by atoms with Gasteiger partial charge in [0.15, 0.2) is 0 Å². The van der Waals surface area contributed by atoms with Crippen LogP contribution >= 0.6 is 0 Å². The van der Waals surface area contributed by atoms with Crippen molar-refractivity contribution in [3.63, 3.8) is 0 Å². The maximum Gasteiger partial charge on any atom is 0.331 e. The van der Waals surface area contributed by atoms with Gasteiger partial charge < -0.3 is 8.85 Å². The second kappa shape index (κ2) is 20.9. The van der Waals surface area contributed by atoms with Gasteiger partial charge in [-0.1, -0.05) is 117 Å². The van der Waals surface area contributed by atoms with E-state index in [1.54, 1.807) is 0 Å². The molecular formula is C24H52O2Si. The van der Waals surface area contributed by atoms with Gasteiger partial charge in [-0.05, 0) is 25.9 Å². The first kappa shape index (κ1) is 27.1. The Hall–Kier alpha value is 0.137. The Kier molecular flexibility index (Phi) is 21.0. The molecule has 27 heavy (non-hydrogen) atoms. The van der Waals surface area contributed by atoms with Crippen molar-refractivity contribution < 1.29 is 8.85 Å². The summed E-state index contributed by atoms with van der Waals surface area (Å²) in [4.78, 5) is 0. The Morgan fingerprint density at radius 1 is 0.407 bits per heavy atom. The van der Waals surface area contributed by atoms with E-state index in [-0.39, 0.29) is 0 Å². The molecule has 0 spiro atoms. The van der Waals surface area contributed by atoms with E-state index >= 15 is 0 Å². The van der Waals surface area contributed by atoms with Crippen molar-refractivity contribution in [2.24, 2.45) is 0 Å². The van der Waals surface area contributed by atoms with Gasteiger partial charge in [-0.3, -0.25) is 0 Å². The third-order valence-electron chi connectivity index (χ3n) is 5.40. The minimum absolute atomic E-state index is 0.881. The van der Waals surface area contributed by atoms with Crippen molar-refractivity contribution in [2.75, 3.05) is 13.2 Å². The van der Waals surface area contributed by atoms with Crippen LogP contribution in [0, 0.1) is 0 Å². The van der Waals surface area contributed by atoms with Crippen molar-refractivity contribution >= 4 is 8.56 Å². The van der Waals surface area contributed by atoms with Gasteiger partial charge in [0.2, 0.25) is 0 Å². The summed E-state index contributed by atoms with van der Waals surface area (Å²) < 4.78 is 12.0. The molecule has 0 aromatic carbocycles. The molecule has 0 amide bonds. The number of hydrogen-bond donors (Lipinski definition) is 0. The molecule has 0 aromatic rings. The Balaban J connectivity index is 3.20. The number of unbranched alkanes of at least 4 members (excludes halogenated alkanes) is 16. The van der Waals surface area contributed by atoms with Crippen molar-refractivity contribution in [3.8, 4) is 0 Å². The molecule has 0 fully saturated rings. The Labute approximate surface area is 173 Å². The molecule has 0 saturated heterocycles. The number of hydrogen-bond acceptors (Lipinski definition) is 2. The molecule has 0 atom stereocenters. The van der Waals surface area contributed by atoms with Crippen LogP contribution in [0.4, 0.5) is 0 Å². The first-order valence-electron chi connectivity index (χ1n) is 12.4. The summed E-state index contributed by atoms with van der Waals surface area (Å²) in [7, 11) is -1.86. The summed E-state index contributed by atoms with van der Waals surface area (Å²) in [6.07, 6.45) is 24.9. The molecule has 0 rings (SSSR count). The van der Waals surface area contributed by atoms with Gasteiger partial charge in [0.25, 0.3) is 0 Å². The summed E-state index contributed by atoms with van der Waals surface area (Å²) in [6.45, 7) is 10.7. The van der Waals surface area contributed by atoms with Crippen molar-refractivity contribution in [2.45, 2.75) is 143 Å². The van der Waals surface area contributed by atoms with E-state index in [4.69, 9.17) is 8.85 Å². The zero-order valence-electron chi connectivity index (χ0n) is 19.5. The summed E-state index contributed by atoms with van der Waals surface area (Å²) in [5.74, 6) is 0. The van der Waals surface area contributed by atoms with E-state index < -0.39 is 8.56 Å². The van der Waals surface area contributed by atoms with Crippen molar-refractivity contribution in [1.82, 2.24) is 0 Å². The third-order valence-corrected chi connectivity index (χ3v) is 7.19. The van der Waals surface area contributed by atoms with Crippen LogP contribution in [0.1, 0.15) is 129 Å². The lowest BCUT2D eigenvalue weighted by Crippen LogP contribution is -2.35. The summed E-state index contributed by atoms with van der Waals surface area (Å²) >= 11 is 0. The minimum Gasteiger partial charge on any atom is -0.395 e. The van der Waals surface area contributed by atoms with E-state index in [9.17, 15) is 0 Å². The van der Waals surface area contributed by atoms with Crippen molar-refractivity contribution in [1.29, 1.82) is 0 Å². The molecule has 0 aliphatic heterocycles. The second-order valence-electron chi connectivity index (χ2n) is 8.75. The molecule has 0 N–H and O–H groups in total. The summed E-state index contributed by atoms with van der Waals surface area (Å²) in [5.41, 5.74) is 0. The lowest BCUT2D eigenvalue weighted by molar-refractivity contribution is 0.173. The highest BCUT2D eigenvalue weighted by Gasteiger charge is 2.23. The van der Waals surface area contributed by atoms with E-state index in [1.807, 2.05) is 0 Å². The molecular weight excluding hydrogens is 348 g/mol. The van der Waals surface area contributed by atoms with E-state index in [0.29, 0.717) is 0 Å². The lowest BCUT2D eigenvalue weighted by atomic mass is 10.0. The van der Waals surface area contributed by atoms with Gasteiger partial charge in [-0.25, -0.2) is 0 Å². The second-order valence-corrected chi connectivity index (χ2v) is 12.1. The van der Waals surface area contributed by atoms with Crippen LogP contribution in [0.5, 0.6) is 0 Å². The van der Waals surface area contributed by atoms with E-state index in [0.717, 1.165) is 13.2 Å². The average molecular weight is 401 g/mol. The van der Waals surface area contributed by atoms with Gasteiger partial charge in [-0.2, -0.15) is 0 Å². The predicted molar refractivity (Wildman–Crippen MR) is 124 cm³/mol. The smallest absolute Gasteiger partial charge is 0.331 e. The highest BCUT2D eigenvalue weighted by atomic mass is 28.4. The molecule has 2 nitrogen and oxygen atoms in total. The fraction of sp³-hybridized carbons (Fsp3) is 1.00. The molecule has 164 valence electrons. The first-order valence-corrected chi connectivity index (χ1v) is 15.2. The normalized spacial score (nSPS) is 12.0. The van der Waals surface area contributed by atoms with Crippen LogP contribution in [0.3, 0.4) is 0 Å². The minimum atomic E-state index is -1.86. The van der Waals surface area contributed by atoms with Gasteiger partial charge in [0.1, 0.15) is 0 Å². The van der Waals surface area contributed by atoms with Crippen LogP contribution < -0.4 is 0 Å². The largest absolute Gasteiger partial charge is 0.395 e. The lowest BCUT2D eigenvalue weighted by Gasteiger charge is -2.22. The molecule has 0 bridgehead atoms. The van der Waals surface area contributed by atoms with Crippen LogP contribution in [0.15, 0.2) is 0 Å². The molecule has 0 aliphatic rings. The van der Waals surface area contributed by atoms with Crippen LogP contribution in [-0.4, -0.2) is 21.8 Å². The zero-order chi connectivity index (χ0) is 20.1. The monoisotopic (exact) mass is 400 g/mol. The third kappa shape index (κ3) is 22.3. The van der Waals surface area contributed by atoms with Crippen LogP contribution in [0.25, 0.3) is 0 Å². The molecule has 0 unspecified atom stereocenters. The average Bonchev–Trinajstić information content (AvgIpc) is 2.65. The molecule has 0 heterocycles. The topological polar surface area (TPSA) is 18.5 Å². The predicted octanol–water partition coefficient (Wildman–Crippen LogP) is 8.78. The van der Waals surface area contributed by atoms with E-state index in [2.05, 4.69) is 26.9 Å². The molecule has 0 aromatic heterocycles. The molecule has 0 radical (unpaired) electrons. The van der Waals surface area contributed by atoms with Crippen LogP contribution in [0.2, 0.25) is 13.1 Å². The molecule has 3 heteroatoms.